The van der Waals surface area contributed by atoms with Crippen LogP contribution in [0.2, 0.25) is 0 Å². The minimum atomic E-state index is 0.0775. The van der Waals surface area contributed by atoms with Crippen molar-refractivity contribution < 1.29 is 9.53 Å². The van der Waals surface area contributed by atoms with Crippen LogP contribution in [-0.4, -0.2) is 30.5 Å². The number of hydrogen-bond acceptors (Lipinski definition) is 3. The van der Waals surface area contributed by atoms with E-state index in [9.17, 15) is 4.79 Å². The van der Waals surface area contributed by atoms with Crippen LogP contribution in [0.1, 0.15) is 36.5 Å². The zero-order valence-electron chi connectivity index (χ0n) is 11.0. The lowest BCUT2D eigenvalue weighted by Crippen LogP contribution is -2.35. The largest absolute Gasteiger partial charge is 0.495 e. The lowest BCUT2D eigenvalue weighted by molar-refractivity contribution is 0.0733. The van der Waals surface area contributed by atoms with Crippen molar-refractivity contribution >= 4 is 11.6 Å². The summed E-state index contributed by atoms with van der Waals surface area (Å²) in [5.41, 5.74) is 7.00. The monoisotopic (exact) mass is 248 g/mol. The molecule has 0 aliphatic carbocycles. The second-order valence-corrected chi connectivity index (χ2v) is 4.66. The third-order valence-corrected chi connectivity index (χ3v) is 3.59. The normalized spacial score (nSPS) is 19.0. The minimum Gasteiger partial charge on any atom is -0.495 e. The third-order valence-electron chi connectivity index (χ3n) is 3.59. The molecule has 1 heterocycles. The fourth-order valence-corrected chi connectivity index (χ4v) is 2.56. The lowest BCUT2D eigenvalue weighted by atomic mass is 10.1. The van der Waals surface area contributed by atoms with Gasteiger partial charge >= 0.3 is 0 Å². The van der Waals surface area contributed by atoms with Crippen LogP contribution in [0.25, 0.3) is 0 Å². The van der Waals surface area contributed by atoms with Crippen molar-refractivity contribution in [2.24, 2.45) is 0 Å². The van der Waals surface area contributed by atoms with Gasteiger partial charge < -0.3 is 15.4 Å². The number of hydrogen-bond donors (Lipinski definition) is 1. The van der Waals surface area contributed by atoms with E-state index in [1.807, 2.05) is 4.90 Å². The first kappa shape index (κ1) is 12.7. The molecule has 18 heavy (non-hydrogen) atoms. The molecule has 1 aromatic rings. The number of nitrogens with two attached hydrogens (primary N) is 1. The lowest BCUT2D eigenvalue weighted by Gasteiger charge is -2.24. The van der Waals surface area contributed by atoms with Gasteiger partial charge in [-0.2, -0.15) is 0 Å². The molecule has 1 amide bonds. The number of carbonyl (C=O) groups excluding carboxylic acids is 1. The van der Waals surface area contributed by atoms with Gasteiger partial charge in [0.1, 0.15) is 5.75 Å². The fourth-order valence-electron chi connectivity index (χ4n) is 2.56. The second kappa shape index (κ2) is 5.29. The molecule has 1 saturated heterocycles. The first-order valence-corrected chi connectivity index (χ1v) is 6.41. The molecule has 1 fully saturated rings. The highest BCUT2D eigenvalue weighted by molar-refractivity contribution is 5.95. The van der Waals surface area contributed by atoms with Crippen molar-refractivity contribution in [1.29, 1.82) is 0 Å². The molecule has 1 unspecified atom stereocenters. The SMILES string of the molecule is CCC1CCCN1C(=O)c1ccc(OC)c(N)c1. The molecule has 2 N–H and O–H groups in total. The molecular formula is C14H20N2O2. The summed E-state index contributed by atoms with van der Waals surface area (Å²) >= 11 is 0. The van der Waals surface area contributed by atoms with Crippen LogP contribution in [0.4, 0.5) is 5.69 Å². The molecule has 98 valence electrons. The first-order valence-electron chi connectivity index (χ1n) is 6.41. The molecule has 2 rings (SSSR count). The minimum absolute atomic E-state index is 0.0775. The first-order chi connectivity index (χ1) is 8.67. The summed E-state index contributed by atoms with van der Waals surface area (Å²) in [7, 11) is 1.57. The Morgan fingerprint density at radius 2 is 2.33 bits per heavy atom. The summed E-state index contributed by atoms with van der Waals surface area (Å²) in [6.07, 6.45) is 3.21. The van der Waals surface area contributed by atoms with Crippen molar-refractivity contribution in [1.82, 2.24) is 4.90 Å². The maximum Gasteiger partial charge on any atom is 0.254 e. The number of anilines is 1. The molecule has 1 atom stereocenters. The Kier molecular flexibility index (Phi) is 3.75. The third kappa shape index (κ3) is 2.28. The summed E-state index contributed by atoms with van der Waals surface area (Å²) < 4.78 is 5.10. The Morgan fingerprint density at radius 1 is 1.56 bits per heavy atom. The van der Waals surface area contributed by atoms with E-state index in [1.165, 1.54) is 0 Å². The molecule has 0 saturated carbocycles. The highest BCUT2D eigenvalue weighted by Crippen LogP contribution is 2.26. The number of carbonyl (C=O) groups is 1. The zero-order valence-corrected chi connectivity index (χ0v) is 11.0. The number of nitrogens with zero attached hydrogens (tertiary/aromatic N) is 1. The van der Waals surface area contributed by atoms with E-state index in [0.29, 0.717) is 23.0 Å². The maximum absolute atomic E-state index is 12.4. The van der Waals surface area contributed by atoms with Gasteiger partial charge in [0, 0.05) is 18.2 Å². The van der Waals surface area contributed by atoms with Crippen molar-refractivity contribution in [3.05, 3.63) is 23.8 Å². The maximum atomic E-state index is 12.4. The Balaban J connectivity index is 2.21. The van der Waals surface area contributed by atoms with Gasteiger partial charge in [-0.25, -0.2) is 0 Å². The van der Waals surface area contributed by atoms with Gasteiger partial charge in [0.05, 0.1) is 12.8 Å². The molecule has 1 aromatic carbocycles. The number of amides is 1. The van der Waals surface area contributed by atoms with Gasteiger partial charge in [-0.1, -0.05) is 6.92 Å². The molecule has 0 radical (unpaired) electrons. The van der Waals surface area contributed by atoms with Gasteiger partial charge in [0.25, 0.3) is 5.91 Å². The highest BCUT2D eigenvalue weighted by Gasteiger charge is 2.28. The van der Waals surface area contributed by atoms with Gasteiger partial charge in [0.2, 0.25) is 0 Å². The van der Waals surface area contributed by atoms with Crippen LogP contribution < -0.4 is 10.5 Å². The van der Waals surface area contributed by atoms with Crippen LogP contribution in [0.5, 0.6) is 5.75 Å². The fraction of sp³-hybridized carbons (Fsp3) is 0.500. The number of ether oxygens (including phenoxy) is 1. The number of methoxy groups -OCH3 is 1. The van der Waals surface area contributed by atoms with Crippen LogP contribution in [-0.2, 0) is 0 Å². The van der Waals surface area contributed by atoms with Crippen LogP contribution in [0.3, 0.4) is 0 Å². The average molecular weight is 248 g/mol. The van der Waals surface area contributed by atoms with Crippen molar-refractivity contribution in [2.75, 3.05) is 19.4 Å². The van der Waals surface area contributed by atoms with E-state index in [0.717, 1.165) is 25.8 Å². The Morgan fingerprint density at radius 3 is 2.94 bits per heavy atom. The van der Waals surface area contributed by atoms with Crippen LogP contribution in [0.15, 0.2) is 18.2 Å². The van der Waals surface area contributed by atoms with Crippen LogP contribution in [0, 0.1) is 0 Å². The van der Waals surface area contributed by atoms with E-state index < -0.39 is 0 Å². The number of rotatable bonds is 3. The molecule has 1 aliphatic rings. The van der Waals surface area contributed by atoms with E-state index >= 15 is 0 Å². The van der Waals surface area contributed by atoms with Crippen molar-refractivity contribution in [2.45, 2.75) is 32.2 Å². The topological polar surface area (TPSA) is 55.6 Å². The molecule has 1 aliphatic heterocycles. The molecular weight excluding hydrogens is 228 g/mol. The summed E-state index contributed by atoms with van der Waals surface area (Å²) in [5.74, 6) is 0.689. The quantitative estimate of drug-likeness (QED) is 0.835. The highest BCUT2D eigenvalue weighted by atomic mass is 16.5. The summed E-state index contributed by atoms with van der Waals surface area (Å²) in [4.78, 5) is 14.4. The van der Waals surface area contributed by atoms with E-state index in [1.54, 1.807) is 25.3 Å². The van der Waals surface area contributed by atoms with Gasteiger partial charge in [-0.15, -0.1) is 0 Å². The number of benzene rings is 1. The van der Waals surface area contributed by atoms with E-state index in [-0.39, 0.29) is 5.91 Å². The molecule has 0 aromatic heterocycles. The Bertz CT molecular complexity index is 445. The molecule has 4 heteroatoms. The number of likely N-dealkylation sites (tertiary alicyclic amines) is 1. The van der Waals surface area contributed by atoms with E-state index in [2.05, 4.69) is 6.92 Å². The average Bonchev–Trinajstić information content (AvgIpc) is 2.86. The second-order valence-electron chi connectivity index (χ2n) is 4.66. The van der Waals surface area contributed by atoms with Crippen LogP contribution >= 0.6 is 0 Å². The van der Waals surface area contributed by atoms with Crippen molar-refractivity contribution in [3.63, 3.8) is 0 Å². The summed E-state index contributed by atoms with van der Waals surface area (Å²) in [5, 5.41) is 0. The molecule has 0 bridgehead atoms. The van der Waals surface area contributed by atoms with Gasteiger partial charge in [-0.05, 0) is 37.5 Å². The van der Waals surface area contributed by atoms with Crippen molar-refractivity contribution in [3.8, 4) is 5.75 Å². The van der Waals surface area contributed by atoms with Gasteiger partial charge in [0.15, 0.2) is 0 Å². The predicted molar refractivity (Wildman–Crippen MR) is 71.8 cm³/mol. The molecule has 4 nitrogen and oxygen atoms in total. The van der Waals surface area contributed by atoms with Gasteiger partial charge in [-0.3, -0.25) is 4.79 Å². The molecule has 0 spiro atoms. The smallest absolute Gasteiger partial charge is 0.254 e. The summed E-state index contributed by atoms with van der Waals surface area (Å²) in [6.45, 7) is 2.97. The number of nitrogen functional groups attached to an aromatic ring is 1. The zero-order chi connectivity index (χ0) is 13.1. The Hall–Kier alpha value is -1.71. The summed E-state index contributed by atoms with van der Waals surface area (Å²) in [6, 6.07) is 5.61. The van der Waals surface area contributed by atoms with E-state index in [4.69, 9.17) is 10.5 Å². The standard InChI is InChI=1S/C14H20N2O2/c1-3-11-5-4-8-16(11)14(17)10-6-7-13(18-2)12(15)9-10/h6-7,9,11H,3-5,8,15H2,1-2H3. The Labute approximate surface area is 108 Å². The predicted octanol–water partition coefficient (Wildman–Crippen LogP) is 2.29.